The van der Waals surface area contributed by atoms with E-state index in [9.17, 15) is 0 Å². The standard InChI is InChI=1S/C14H29N3/c1-3-17-10-4-5-14(17)12-16(2)11-13-6-8-15-9-7-13/h13-15H,3-12H2,1-2H3. The van der Waals surface area contributed by atoms with Gasteiger partial charge in [0.15, 0.2) is 0 Å². The highest BCUT2D eigenvalue weighted by Crippen LogP contribution is 2.19. The van der Waals surface area contributed by atoms with Gasteiger partial charge in [-0.25, -0.2) is 0 Å². The van der Waals surface area contributed by atoms with E-state index in [0.717, 1.165) is 12.0 Å². The van der Waals surface area contributed by atoms with Crippen LogP contribution in [0, 0.1) is 5.92 Å². The van der Waals surface area contributed by atoms with Crippen LogP contribution in [0.15, 0.2) is 0 Å². The van der Waals surface area contributed by atoms with Crippen LogP contribution in [0.1, 0.15) is 32.6 Å². The van der Waals surface area contributed by atoms with Crippen molar-refractivity contribution in [1.29, 1.82) is 0 Å². The van der Waals surface area contributed by atoms with Crippen LogP contribution < -0.4 is 5.32 Å². The van der Waals surface area contributed by atoms with E-state index in [1.165, 1.54) is 65.0 Å². The van der Waals surface area contributed by atoms with Crippen molar-refractivity contribution in [3.05, 3.63) is 0 Å². The summed E-state index contributed by atoms with van der Waals surface area (Å²) in [5.41, 5.74) is 0. The molecule has 1 atom stereocenters. The van der Waals surface area contributed by atoms with Crippen LogP contribution >= 0.6 is 0 Å². The van der Waals surface area contributed by atoms with E-state index < -0.39 is 0 Å². The zero-order chi connectivity index (χ0) is 12.1. The fourth-order valence-electron chi connectivity index (χ4n) is 3.46. The average molecular weight is 239 g/mol. The summed E-state index contributed by atoms with van der Waals surface area (Å²) in [7, 11) is 2.31. The van der Waals surface area contributed by atoms with Gasteiger partial charge in [-0.1, -0.05) is 6.92 Å². The van der Waals surface area contributed by atoms with Gasteiger partial charge in [0.2, 0.25) is 0 Å². The number of nitrogens with zero attached hydrogens (tertiary/aromatic N) is 2. The van der Waals surface area contributed by atoms with Gasteiger partial charge in [-0.3, -0.25) is 4.90 Å². The van der Waals surface area contributed by atoms with Gasteiger partial charge in [-0.05, 0) is 64.8 Å². The molecule has 17 heavy (non-hydrogen) atoms. The summed E-state index contributed by atoms with van der Waals surface area (Å²) in [6.07, 6.45) is 5.54. The number of likely N-dealkylation sites (tertiary alicyclic amines) is 1. The smallest absolute Gasteiger partial charge is 0.0223 e. The zero-order valence-electron chi connectivity index (χ0n) is 11.6. The summed E-state index contributed by atoms with van der Waals surface area (Å²) in [6.45, 7) is 9.87. The number of likely N-dealkylation sites (N-methyl/N-ethyl adjacent to an activating group) is 2. The van der Waals surface area contributed by atoms with E-state index in [-0.39, 0.29) is 0 Å². The molecule has 0 spiro atoms. The van der Waals surface area contributed by atoms with Crippen molar-refractivity contribution in [3.8, 4) is 0 Å². The van der Waals surface area contributed by atoms with Gasteiger partial charge in [0, 0.05) is 19.1 Å². The maximum atomic E-state index is 3.45. The molecular weight excluding hydrogens is 210 g/mol. The van der Waals surface area contributed by atoms with Crippen molar-refractivity contribution in [2.75, 3.05) is 46.3 Å². The topological polar surface area (TPSA) is 18.5 Å². The number of nitrogens with one attached hydrogen (secondary N) is 1. The molecule has 2 aliphatic heterocycles. The molecule has 0 radical (unpaired) electrons. The minimum Gasteiger partial charge on any atom is -0.317 e. The molecule has 0 aromatic rings. The lowest BCUT2D eigenvalue weighted by molar-refractivity contribution is 0.172. The van der Waals surface area contributed by atoms with Crippen molar-refractivity contribution < 1.29 is 0 Å². The Hall–Kier alpha value is -0.120. The summed E-state index contributed by atoms with van der Waals surface area (Å²) in [5, 5.41) is 3.45. The molecule has 3 heteroatoms. The first-order valence-corrected chi connectivity index (χ1v) is 7.43. The predicted molar refractivity (Wildman–Crippen MR) is 73.4 cm³/mol. The van der Waals surface area contributed by atoms with Crippen LogP contribution in [0.5, 0.6) is 0 Å². The van der Waals surface area contributed by atoms with Crippen LogP contribution in [-0.4, -0.2) is 62.2 Å². The Balaban J connectivity index is 1.70. The van der Waals surface area contributed by atoms with Gasteiger partial charge in [0.25, 0.3) is 0 Å². The Morgan fingerprint density at radius 1 is 1.18 bits per heavy atom. The van der Waals surface area contributed by atoms with E-state index in [1.807, 2.05) is 0 Å². The van der Waals surface area contributed by atoms with E-state index in [0.29, 0.717) is 0 Å². The normalized spacial score (nSPS) is 28.1. The van der Waals surface area contributed by atoms with Crippen LogP contribution in [0.3, 0.4) is 0 Å². The highest BCUT2D eigenvalue weighted by molar-refractivity contribution is 4.81. The molecular formula is C14H29N3. The molecule has 2 rings (SSSR count). The lowest BCUT2D eigenvalue weighted by Crippen LogP contribution is -2.41. The van der Waals surface area contributed by atoms with Gasteiger partial charge >= 0.3 is 0 Å². The Bertz CT molecular complexity index is 214. The van der Waals surface area contributed by atoms with E-state index in [1.54, 1.807) is 0 Å². The van der Waals surface area contributed by atoms with Gasteiger partial charge in [0.1, 0.15) is 0 Å². The van der Waals surface area contributed by atoms with Crippen molar-refractivity contribution in [2.45, 2.75) is 38.6 Å². The lowest BCUT2D eigenvalue weighted by atomic mass is 9.97. The first-order valence-electron chi connectivity index (χ1n) is 7.43. The molecule has 1 N–H and O–H groups in total. The highest BCUT2D eigenvalue weighted by atomic mass is 15.2. The molecule has 0 saturated carbocycles. The highest BCUT2D eigenvalue weighted by Gasteiger charge is 2.25. The van der Waals surface area contributed by atoms with Gasteiger partial charge in [-0.2, -0.15) is 0 Å². The Kier molecular flexibility index (Phi) is 5.26. The summed E-state index contributed by atoms with van der Waals surface area (Å²) in [4.78, 5) is 5.23. The van der Waals surface area contributed by atoms with E-state index in [4.69, 9.17) is 0 Å². The second-order valence-electron chi connectivity index (χ2n) is 5.84. The van der Waals surface area contributed by atoms with Crippen LogP contribution in [0.4, 0.5) is 0 Å². The van der Waals surface area contributed by atoms with Crippen molar-refractivity contribution in [3.63, 3.8) is 0 Å². The molecule has 100 valence electrons. The Morgan fingerprint density at radius 2 is 1.94 bits per heavy atom. The number of hydrogen-bond acceptors (Lipinski definition) is 3. The van der Waals surface area contributed by atoms with Gasteiger partial charge in [-0.15, -0.1) is 0 Å². The maximum absolute atomic E-state index is 3.45. The molecule has 2 aliphatic rings. The third kappa shape index (κ3) is 3.94. The van der Waals surface area contributed by atoms with Crippen LogP contribution in [-0.2, 0) is 0 Å². The second-order valence-corrected chi connectivity index (χ2v) is 5.84. The van der Waals surface area contributed by atoms with E-state index in [2.05, 4.69) is 29.1 Å². The lowest BCUT2D eigenvalue weighted by Gasteiger charge is -2.31. The Labute approximate surface area is 107 Å². The molecule has 0 aromatic carbocycles. The molecule has 2 fully saturated rings. The molecule has 3 nitrogen and oxygen atoms in total. The SMILES string of the molecule is CCN1CCCC1CN(C)CC1CCNCC1. The number of piperidine rings is 1. The van der Waals surface area contributed by atoms with Crippen molar-refractivity contribution >= 4 is 0 Å². The van der Waals surface area contributed by atoms with Gasteiger partial charge < -0.3 is 10.2 Å². The molecule has 0 aromatic heterocycles. The summed E-state index contributed by atoms with van der Waals surface area (Å²) in [6, 6.07) is 0.826. The first-order chi connectivity index (χ1) is 8.29. The largest absolute Gasteiger partial charge is 0.317 e. The molecule has 0 aliphatic carbocycles. The summed E-state index contributed by atoms with van der Waals surface area (Å²) >= 11 is 0. The zero-order valence-corrected chi connectivity index (χ0v) is 11.6. The monoisotopic (exact) mass is 239 g/mol. The quantitative estimate of drug-likeness (QED) is 0.782. The molecule has 0 amide bonds. The fourth-order valence-corrected chi connectivity index (χ4v) is 3.46. The molecule has 0 bridgehead atoms. The van der Waals surface area contributed by atoms with Crippen LogP contribution in [0.25, 0.3) is 0 Å². The molecule has 2 heterocycles. The van der Waals surface area contributed by atoms with Crippen molar-refractivity contribution in [1.82, 2.24) is 15.1 Å². The molecule has 1 unspecified atom stereocenters. The van der Waals surface area contributed by atoms with E-state index >= 15 is 0 Å². The van der Waals surface area contributed by atoms with Gasteiger partial charge in [0.05, 0.1) is 0 Å². The second kappa shape index (κ2) is 6.72. The fraction of sp³-hybridized carbons (Fsp3) is 1.00. The average Bonchev–Trinajstić information content (AvgIpc) is 2.77. The predicted octanol–water partition coefficient (Wildman–Crippen LogP) is 1.40. The van der Waals surface area contributed by atoms with Crippen LogP contribution in [0.2, 0.25) is 0 Å². The Morgan fingerprint density at radius 3 is 2.65 bits per heavy atom. The maximum Gasteiger partial charge on any atom is 0.0223 e. The minimum absolute atomic E-state index is 0.826. The summed E-state index contributed by atoms with van der Waals surface area (Å²) < 4.78 is 0. The number of rotatable bonds is 5. The third-order valence-corrected chi connectivity index (χ3v) is 4.46. The van der Waals surface area contributed by atoms with Crippen molar-refractivity contribution in [2.24, 2.45) is 5.92 Å². The summed E-state index contributed by atoms with van der Waals surface area (Å²) in [5.74, 6) is 0.928. The first kappa shape index (κ1) is 13.3. The number of hydrogen-bond donors (Lipinski definition) is 1. The molecule has 2 saturated heterocycles. The minimum atomic E-state index is 0.826. The third-order valence-electron chi connectivity index (χ3n) is 4.46.